The molecule has 2 heteroatoms. The highest BCUT2D eigenvalue weighted by Gasteiger charge is 2.15. The predicted octanol–water partition coefficient (Wildman–Crippen LogP) is 5.69. The summed E-state index contributed by atoms with van der Waals surface area (Å²) in [5, 5.41) is 0. The molecule has 1 fully saturated rings. The van der Waals surface area contributed by atoms with Gasteiger partial charge in [0.15, 0.2) is 0 Å². The molecule has 1 unspecified atom stereocenters. The van der Waals surface area contributed by atoms with E-state index in [1.807, 2.05) is 13.8 Å². The Morgan fingerprint density at radius 2 is 1.70 bits per heavy atom. The van der Waals surface area contributed by atoms with Crippen LogP contribution < -0.4 is 5.73 Å². The number of hydrogen-bond donors (Lipinski definition) is 1. The fraction of sp³-hybridized carbons (Fsp3) is 0.810. The Labute approximate surface area is 146 Å². The number of nitrogens with two attached hydrogens (primary N) is 1. The smallest absolute Gasteiger partial charge is 0.0269 e. The zero-order chi connectivity index (χ0) is 17.3. The average Bonchev–Trinajstić information content (AvgIpc) is 2.61. The highest BCUT2D eigenvalue weighted by molar-refractivity contribution is 5.19. The molecule has 1 aliphatic heterocycles. The quantitative estimate of drug-likeness (QED) is 0.413. The van der Waals surface area contributed by atoms with Crippen LogP contribution in [0.2, 0.25) is 0 Å². The van der Waals surface area contributed by atoms with Crippen LogP contribution in [0.5, 0.6) is 0 Å². The van der Waals surface area contributed by atoms with Gasteiger partial charge in [0.05, 0.1) is 0 Å². The Balaban J connectivity index is 0.00000232. The summed E-state index contributed by atoms with van der Waals surface area (Å²) in [5.74, 6) is 0. The van der Waals surface area contributed by atoms with Crippen molar-refractivity contribution < 1.29 is 0 Å². The highest BCUT2D eigenvalue weighted by atomic mass is 15.1. The minimum atomic E-state index is 0.241. The van der Waals surface area contributed by atoms with Crippen LogP contribution in [-0.4, -0.2) is 30.6 Å². The molecule has 0 saturated carbocycles. The largest absolute Gasteiger partial charge is 0.324 e. The molecule has 1 heterocycles. The molecule has 0 bridgehead atoms. The first-order chi connectivity index (χ1) is 11.3. The molecule has 0 radical (unpaired) electrons. The van der Waals surface area contributed by atoms with Crippen molar-refractivity contribution in [2.45, 2.75) is 91.5 Å². The first kappa shape index (κ1) is 22.4. The maximum absolute atomic E-state index is 6.46. The number of unbranched alkanes of at least 4 members (excludes halogenated alkanes) is 4. The summed E-state index contributed by atoms with van der Waals surface area (Å²) in [7, 11) is 0. The van der Waals surface area contributed by atoms with Gasteiger partial charge in [0.1, 0.15) is 0 Å². The lowest BCUT2D eigenvalue weighted by molar-refractivity contribution is 0.242. The molecule has 2 nitrogen and oxygen atoms in total. The summed E-state index contributed by atoms with van der Waals surface area (Å²) in [4.78, 5) is 2.58. The van der Waals surface area contributed by atoms with Crippen molar-refractivity contribution in [2.24, 2.45) is 5.73 Å². The van der Waals surface area contributed by atoms with Crippen molar-refractivity contribution in [1.82, 2.24) is 4.90 Å². The van der Waals surface area contributed by atoms with Crippen LogP contribution in [0.15, 0.2) is 23.8 Å². The van der Waals surface area contributed by atoms with E-state index in [1.54, 1.807) is 0 Å². The highest BCUT2D eigenvalue weighted by Crippen LogP contribution is 2.16. The molecule has 2 N–H and O–H groups in total. The number of allylic oxidation sites excluding steroid dienone is 3. The topological polar surface area (TPSA) is 29.3 Å². The Kier molecular flexibility index (Phi) is 15.8. The second-order valence-electron chi connectivity index (χ2n) is 6.41. The fourth-order valence-electron chi connectivity index (χ4n) is 3.04. The van der Waals surface area contributed by atoms with Gasteiger partial charge < -0.3 is 5.73 Å². The molecule has 0 amide bonds. The lowest BCUT2D eigenvalue weighted by Crippen LogP contribution is -2.36. The fourth-order valence-corrected chi connectivity index (χ4v) is 3.04. The Morgan fingerprint density at radius 3 is 2.30 bits per heavy atom. The van der Waals surface area contributed by atoms with E-state index in [4.69, 9.17) is 5.73 Å². The summed E-state index contributed by atoms with van der Waals surface area (Å²) < 4.78 is 0. The van der Waals surface area contributed by atoms with E-state index in [2.05, 4.69) is 37.0 Å². The van der Waals surface area contributed by atoms with E-state index in [9.17, 15) is 0 Å². The van der Waals surface area contributed by atoms with Crippen molar-refractivity contribution in [2.75, 3.05) is 19.6 Å². The number of hydrogen-bond acceptors (Lipinski definition) is 2. The maximum Gasteiger partial charge on any atom is 0.0269 e. The van der Waals surface area contributed by atoms with E-state index >= 15 is 0 Å². The molecule has 0 spiro atoms. The maximum atomic E-state index is 6.46. The first-order valence-corrected chi connectivity index (χ1v) is 10.1. The Morgan fingerprint density at radius 1 is 1.04 bits per heavy atom. The SMILES string of the molecule is C/C=C\C=C(/CN1CCCCC1)C(N)CCCCCCC.CC. The van der Waals surface area contributed by atoms with Crippen molar-refractivity contribution in [3.63, 3.8) is 0 Å². The van der Waals surface area contributed by atoms with Crippen LogP contribution in [0, 0.1) is 0 Å². The molecule has 1 saturated heterocycles. The van der Waals surface area contributed by atoms with E-state index in [0.717, 1.165) is 13.0 Å². The zero-order valence-electron chi connectivity index (χ0n) is 16.3. The summed E-state index contributed by atoms with van der Waals surface area (Å²) in [5.41, 5.74) is 7.88. The summed E-state index contributed by atoms with van der Waals surface area (Å²) in [6.07, 6.45) is 18.4. The second-order valence-corrected chi connectivity index (χ2v) is 6.41. The van der Waals surface area contributed by atoms with Crippen LogP contribution in [-0.2, 0) is 0 Å². The third-order valence-electron chi connectivity index (χ3n) is 4.45. The third kappa shape index (κ3) is 11.6. The lowest BCUT2D eigenvalue weighted by Gasteiger charge is -2.29. The van der Waals surface area contributed by atoms with Crippen molar-refractivity contribution in [3.05, 3.63) is 23.8 Å². The molecule has 0 aliphatic carbocycles. The summed E-state index contributed by atoms with van der Waals surface area (Å²) in [6, 6.07) is 0.241. The number of likely N-dealkylation sites (tertiary alicyclic amines) is 1. The zero-order valence-corrected chi connectivity index (χ0v) is 16.3. The van der Waals surface area contributed by atoms with Crippen LogP contribution in [0.1, 0.15) is 85.5 Å². The molecule has 1 rings (SSSR count). The molecule has 0 aromatic heterocycles. The normalized spacial score (nSPS) is 17.9. The van der Waals surface area contributed by atoms with E-state index in [0.29, 0.717) is 0 Å². The average molecular weight is 323 g/mol. The Hall–Kier alpha value is -0.600. The third-order valence-corrected chi connectivity index (χ3v) is 4.45. The number of rotatable bonds is 10. The number of nitrogens with zero attached hydrogens (tertiary/aromatic N) is 1. The second kappa shape index (κ2) is 16.3. The predicted molar refractivity (Wildman–Crippen MR) is 106 cm³/mol. The van der Waals surface area contributed by atoms with Gasteiger partial charge in [-0.15, -0.1) is 0 Å². The first-order valence-electron chi connectivity index (χ1n) is 10.1. The van der Waals surface area contributed by atoms with Gasteiger partial charge in [0.2, 0.25) is 0 Å². The molecule has 0 aromatic carbocycles. The van der Waals surface area contributed by atoms with Gasteiger partial charge in [-0.2, -0.15) is 0 Å². The molecule has 136 valence electrons. The van der Waals surface area contributed by atoms with Gasteiger partial charge in [0.25, 0.3) is 0 Å². The van der Waals surface area contributed by atoms with Crippen molar-refractivity contribution >= 4 is 0 Å². The lowest BCUT2D eigenvalue weighted by atomic mass is 9.98. The van der Waals surface area contributed by atoms with Crippen LogP contribution >= 0.6 is 0 Å². The minimum absolute atomic E-state index is 0.241. The van der Waals surface area contributed by atoms with Gasteiger partial charge in [-0.05, 0) is 44.8 Å². The monoisotopic (exact) mass is 322 g/mol. The minimum Gasteiger partial charge on any atom is -0.324 e. The molecule has 1 atom stereocenters. The van der Waals surface area contributed by atoms with Gasteiger partial charge in [0, 0.05) is 12.6 Å². The van der Waals surface area contributed by atoms with Crippen LogP contribution in [0.3, 0.4) is 0 Å². The molecule has 0 aromatic rings. The van der Waals surface area contributed by atoms with E-state index in [-0.39, 0.29) is 6.04 Å². The Bertz CT molecular complexity index is 301. The summed E-state index contributed by atoms with van der Waals surface area (Å²) >= 11 is 0. The van der Waals surface area contributed by atoms with Crippen LogP contribution in [0.4, 0.5) is 0 Å². The van der Waals surface area contributed by atoms with Crippen LogP contribution in [0.25, 0.3) is 0 Å². The molecule has 23 heavy (non-hydrogen) atoms. The van der Waals surface area contributed by atoms with E-state index in [1.165, 1.54) is 70.0 Å². The molecular formula is C21H42N2. The van der Waals surface area contributed by atoms with E-state index < -0.39 is 0 Å². The number of piperidine rings is 1. The summed E-state index contributed by atoms with van der Waals surface area (Å²) in [6.45, 7) is 11.9. The van der Waals surface area contributed by atoms with Gasteiger partial charge in [-0.1, -0.05) is 77.5 Å². The molecular weight excluding hydrogens is 280 g/mol. The van der Waals surface area contributed by atoms with Crippen molar-refractivity contribution in [1.29, 1.82) is 0 Å². The van der Waals surface area contributed by atoms with Crippen molar-refractivity contribution in [3.8, 4) is 0 Å². The van der Waals surface area contributed by atoms with Gasteiger partial charge in [-0.3, -0.25) is 4.90 Å². The standard InChI is InChI=1S/C19H36N2.C2H6/c1-3-5-7-8-10-14-19(20)18(13-6-4-2)17-21-15-11-9-12-16-21;1-2/h4,6,13,19H,3,5,7-12,14-17,20H2,1-2H3;1-2H3/b6-4-,18-13+;. The van der Waals surface area contributed by atoms with Gasteiger partial charge >= 0.3 is 0 Å². The van der Waals surface area contributed by atoms with Gasteiger partial charge in [-0.25, -0.2) is 0 Å². The molecule has 1 aliphatic rings.